The van der Waals surface area contributed by atoms with E-state index in [1.165, 1.54) is 4.90 Å². The summed E-state index contributed by atoms with van der Waals surface area (Å²) in [5, 5.41) is 16.4. The molecule has 2 aromatic rings. The molecule has 2 aromatic carbocycles. The Balaban J connectivity index is 1.63. The van der Waals surface area contributed by atoms with E-state index in [-0.39, 0.29) is 19.3 Å². The lowest BCUT2D eigenvalue weighted by atomic mass is 10.0. The molecule has 1 aliphatic rings. The molecule has 6 nitrogen and oxygen atoms in total. The number of aliphatic carboxylic acids is 1. The summed E-state index contributed by atoms with van der Waals surface area (Å²) in [6, 6.07) is 15.4. The summed E-state index contributed by atoms with van der Waals surface area (Å²) in [6.45, 7) is 0.173. The Morgan fingerprint density at radius 3 is 2.68 bits per heavy atom. The predicted molar refractivity (Wildman–Crippen MR) is 130 cm³/mol. The quantitative estimate of drug-likeness (QED) is 0.323. The van der Waals surface area contributed by atoms with Gasteiger partial charge in [0.2, 0.25) is 6.79 Å². The third-order valence-electron chi connectivity index (χ3n) is 4.68. The molecule has 0 unspecified atom stereocenters. The van der Waals surface area contributed by atoms with Crippen molar-refractivity contribution in [3.63, 3.8) is 0 Å². The van der Waals surface area contributed by atoms with Gasteiger partial charge in [-0.25, -0.2) is 0 Å². The van der Waals surface area contributed by atoms with Gasteiger partial charge in [-0.3, -0.25) is 4.79 Å². The number of carboxylic acid groups (broad SMARTS) is 1. The molecular weight excluding hydrogens is 452 g/mol. The highest BCUT2D eigenvalue weighted by atomic mass is 32.2. The fourth-order valence-electron chi connectivity index (χ4n) is 3.11. The minimum Gasteiger partial charge on any atom is -0.481 e. The molecule has 3 rings (SSSR count). The molecule has 0 radical (unpaired) electrons. The standard InChI is InChI=1S/C22H26N2O4S3/c1-30-10-9-16(13-31-17-5-3-2-4-6-17)23-22(29)24-18(12-21(25)26)15-7-8-19-20(11-15)28-14-27-19/h2-8,11,16,18H,9-10,12-14H2,1H3,(H,25,26)(H2,23,24,29)/t16-,18-/m0/s1. The van der Waals surface area contributed by atoms with Gasteiger partial charge in [-0.1, -0.05) is 24.3 Å². The van der Waals surface area contributed by atoms with Gasteiger partial charge in [-0.05, 0) is 60.5 Å². The molecule has 0 fully saturated rings. The van der Waals surface area contributed by atoms with Gasteiger partial charge >= 0.3 is 5.97 Å². The van der Waals surface area contributed by atoms with Gasteiger partial charge in [0, 0.05) is 16.7 Å². The van der Waals surface area contributed by atoms with Crippen LogP contribution in [0.5, 0.6) is 11.5 Å². The van der Waals surface area contributed by atoms with Crippen molar-refractivity contribution in [1.29, 1.82) is 0 Å². The number of hydrogen-bond acceptors (Lipinski definition) is 6. The Morgan fingerprint density at radius 2 is 1.94 bits per heavy atom. The summed E-state index contributed by atoms with van der Waals surface area (Å²) in [4.78, 5) is 12.7. The maximum Gasteiger partial charge on any atom is 0.305 e. The first kappa shape index (κ1) is 23.6. The minimum atomic E-state index is -0.906. The normalized spacial score (nSPS) is 14.0. The maximum atomic E-state index is 11.5. The predicted octanol–water partition coefficient (Wildman–Crippen LogP) is 4.31. The lowest BCUT2D eigenvalue weighted by Crippen LogP contribution is -2.45. The van der Waals surface area contributed by atoms with E-state index in [1.807, 2.05) is 30.3 Å². The van der Waals surface area contributed by atoms with Gasteiger partial charge in [0.25, 0.3) is 0 Å². The minimum absolute atomic E-state index is 0.101. The lowest BCUT2D eigenvalue weighted by molar-refractivity contribution is -0.137. The number of benzene rings is 2. The largest absolute Gasteiger partial charge is 0.481 e. The molecule has 0 saturated carbocycles. The molecule has 0 saturated heterocycles. The van der Waals surface area contributed by atoms with Crippen molar-refractivity contribution < 1.29 is 19.4 Å². The van der Waals surface area contributed by atoms with E-state index in [0.29, 0.717) is 16.6 Å². The molecule has 1 aliphatic heterocycles. The van der Waals surface area contributed by atoms with Gasteiger partial charge < -0.3 is 25.2 Å². The average molecular weight is 479 g/mol. The molecule has 166 valence electrons. The summed E-state index contributed by atoms with van der Waals surface area (Å²) in [5.74, 6) is 2.24. The van der Waals surface area contributed by atoms with Gasteiger partial charge in [0.15, 0.2) is 16.6 Å². The van der Waals surface area contributed by atoms with Gasteiger partial charge in [-0.15, -0.1) is 11.8 Å². The van der Waals surface area contributed by atoms with E-state index in [4.69, 9.17) is 21.7 Å². The molecule has 31 heavy (non-hydrogen) atoms. The molecule has 3 N–H and O–H groups in total. The van der Waals surface area contributed by atoms with Crippen LogP contribution in [0.2, 0.25) is 0 Å². The Kier molecular flexibility index (Phi) is 9.17. The van der Waals surface area contributed by atoms with Crippen LogP contribution in [0.25, 0.3) is 0 Å². The van der Waals surface area contributed by atoms with Crippen molar-refractivity contribution in [3.05, 3.63) is 54.1 Å². The average Bonchev–Trinajstić information content (AvgIpc) is 3.23. The molecule has 2 atom stereocenters. The first-order valence-electron chi connectivity index (χ1n) is 9.90. The number of ether oxygens (including phenoxy) is 2. The van der Waals surface area contributed by atoms with Gasteiger partial charge in [0.1, 0.15) is 0 Å². The van der Waals surface area contributed by atoms with Crippen molar-refractivity contribution in [3.8, 4) is 11.5 Å². The number of thioether (sulfide) groups is 2. The first-order valence-corrected chi connectivity index (χ1v) is 12.7. The highest BCUT2D eigenvalue weighted by Crippen LogP contribution is 2.34. The van der Waals surface area contributed by atoms with Crippen molar-refractivity contribution >= 4 is 46.8 Å². The van der Waals surface area contributed by atoms with E-state index in [2.05, 4.69) is 29.0 Å². The van der Waals surface area contributed by atoms with Crippen LogP contribution in [0.3, 0.4) is 0 Å². The number of thiocarbonyl (C=S) groups is 1. The third kappa shape index (κ3) is 7.52. The molecule has 0 aliphatic carbocycles. The highest BCUT2D eigenvalue weighted by molar-refractivity contribution is 7.99. The summed E-state index contributed by atoms with van der Waals surface area (Å²) in [6.07, 6.45) is 2.94. The number of carbonyl (C=O) groups is 1. The second-order valence-electron chi connectivity index (χ2n) is 6.98. The highest BCUT2D eigenvalue weighted by Gasteiger charge is 2.22. The zero-order valence-corrected chi connectivity index (χ0v) is 19.7. The molecule has 1 heterocycles. The van der Waals surface area contributed by atoms with E-state index < -0.39 is 12.0 Å². The van der Waals surface area contributed by atoms with Crippen molar-refractivity contribution in [2.45, 2.75) is 29.8 Å². The van der Waals surface area contributed by atoms with Crippen LogP contribution < -0.4 is 20.1 Å². The van der Waals surface area contributed by atoms with E-state index >= 15 is 0 Å². The van der Waals surface area contributed by atoms with Crippen LogP contribution in [0.4, 0.5) is 0 Å². The number of rotatable bonds is 11. The first-order chi connectivity index (χ1) is 15.0. The number of nitrogens with one attached hydrogen (secondary N) is 2. The molecule has 9 heteroatoms. The lowest BCUT2D eigenvalue weighted by Gasteiger charge is -2.24. The number of fused-ring (bicyclic) bond motifs is 1. The molecule has 0 bridgehead atoms. The van der Waals surface area contributed by atoms with Gasteiger partial charge in [0.05, 0.1) is 12.5 Å². The molecule has 0 aromatic heterocycles. The monoisotopic (exact) mass is 478 g/mol. The zero-order chi connectivity index (χ0) is 22.1. The molecule has 0 amide bonds. The fraction of sp³-hybridized carbons (Fsp3) is 0.364. The SMILES string of the molecule is CSCC[C@@H](CSc1ccccc1)NC(=S)N[C@@H](CC(=O)O)c1ccc2c(c1)OCO2. The Bertz CT molecular complexity index is 882. The third-order valence-corrected chi connectivity index (χ3v) is 6.74. The molecule has 0 spiro atoms. The summed E-state index contributed by atoms with van der Waals surface area (Å²) >= 11 is 9.12. The van der Waals surface area contributed by atoms with Crippen LogP contribution in [-0.4, -0.2) is 46.8 Å². The van der Waals surface area contributed by atoms with Crippen LogP contribution >= 0.6 is 35.7 Å². The van der Waals surface area contributed by atoms with Crippen LogP contribution in [0.15, 0.2) is 53.4 Å². The Labute approximate surface area is 196 Å². The zero-order valence-electron chi connectivity index (χ0n) is 17.2. The van der Waals surface area contributed by atoms with Crippen LogP contribution in [-0.2, 0) is 4.79 Å². The second-order valence-corrected chi connectivity index (χ2v) is 9.47. The van der Waals surface area contributed by atoms with E-state index in [9.17, 15) is 9.90 Å². The smallest absolute Gasteiger partial charge is 0.305 e. The van der Waals surface area contributed by atoms with Crippen molar-refractivity contribution in [2.75, 3.05) is 24.6 Å². The summed E-state index contributed by atoms with van der Waals surface area (Å²) in [7, 11) is 0. The fourth-order valence-corrected chi connectivity index (χ4v) is 4.94. The second kappa shape index (κ2) is 12.1. The van der Waals surface area contributed by atoms with Crippen molar-refractivity contribution in [1.82, 2.24) is 10.6 Å². The molecular formula is C22H26N2O4S3. The Morgan fingerprint density at radius 1 is 1.16 bits per heavy atom. The van der Waals surface area contributed by atoms with E-state index in [1.54, 1.807) is 29.6 Å². The van der Waals surface area contributed by atoms with E-state index in [0.717, 1.165) is 23.5 Å². The summed E-state index contributed by atoms with van der Waals surface area (Å²) in [5.41, 5.74) is 0.787. The van der Waals surface area contributed by atoms with Crippen LogP contribution in [0.1, 0.15) is 24.4 Å². The van der Waals surface area contributed by atoms with Gasteiger partial charge in [-0.2, -0.15) is 11.8 Å². The Hall–Kier alpha value is -2.10. The maximum absolute atomic E-state index is 11.5. The van der Waals surface area contributed by atoms with Crippen LogP contribution in [0, 0.1) is 0 Å². The topological polar surface area (TPSA) is 79.8 Å². The number of carboxylic acids is 1. The summed E-state index contributed by atoms with van der Waals surface area (Å²) < 4.78 is 10.8. The number of hydrogen-bond donors (Lipinski definition) is 3. The van der Waals surface area contributed by atoms with Crippen molar-refractivity contribution in [2.24, 2.45) is 0 Å².